The number of amides is 1. The number of carbonyl (C=O) groups is 1. The van der Waals surface area contributed by atoms with Crippen molar-refractivity contribution in [1.82, 2.24) is 4.90 Å². The molecule has 0 radical (unpaired) electrons. The largest absolute Gasteiger partial charge is 0.338 e. The zero-order valence-corrected chi connectivity index (χ0v) is 13.1. The molecule has 0 aliphatic carbocycles. The van der Waals surface area contributed by atoms with Crippen molar-refractivity contribution in [2.75, 3.05) is 13.1 Å². The summed E-state index contributed by atoms with van der Waals surface area (Å²) in [6.07, 6.45) is 2.17. The summed E-state index contributed by atoms with van der Waals surface area (Å²) >= 11 is 3.43. The van der Waals surface area contributed by atoms with E-state index in [-0.39, 0.29) is 11.9 Å². The number of rotatable bonds is 2. The lowest BCUT2D eigenvalue weighted by molar-refractivity contribution is 0.0660. The molecule has 3 nitrogen and oxygen atoms in total. The highest BCUT2D eigenvalue weighted by Crippen LogP contribution is 2.23. The van der Waals surface area contributed by atoms with Crippen LogP contribution in [0.1, 0.15) is 35.7 Å². The van der Waals surface area contributed by atoms with Crippen LogP contribution in [0.4, 0.5) is 0 Å². The van der Waals surface area contributed by atoms with Gasteiger partial charge in [0.1, 0.15) is 0 Å². The topological polar surface area (TPSA) is 46.3 Å². The lowest BCUT2D eigenvalue weighted by atomic mass is 9.91. The number of hydrogen-bond acceptors (Lipinski definition) is 2. The highest BCUT2D eigenvalue weighted by atomic mass is 79.9. The van der Waals surface area contributed by atoms with Crippen molar-refractivity contribution in [2.45, 2.75) is 32.7 Å². The molecule has 1 heterocycles. The number of hydrogen-bond donors (Lipinski definition) is 1. The smallest absolute Gasteiger partial charge is 0.254 e. The average Bonchev–Trinajstić information content (AvgIpc) is 2.38. The van der Waals surface area contributed by atoms with Crippen molar-refractivity contribution in [3.63, 3.8) is 0 Å². The Labute approximate surface area is 123 Å². The summed E-state index contributed by atoms with van der Waals surface area (Å²) in [5.41, 5.74) is 7.79. The molecule has 2 rings (SSSR count). The molecule has 2 N–H and O–H groups in total. The third-order valence-electron chi connectivity index (χ3n) is 3.91. The van der Waals surface area contributed by atoms with Crippen LogP contribution in [0, 0.1) is 12.8 Å². The molecule has 1 aromatic carbocycles. The molecule has 19 heavy (non-hydrogen) atoms. The lowest BCUT2D eigenvalue weighted by Crippen LogP contribution is -2.45. The molecule has 1 amide bonds. The van der Waals surface area contributed by atoms with Gasteiger partial charge in [0.05, 0.1) is 0 Å². The molecule has 0 saturated carbocycles. The van der Waals surface area contributed by atoms with Gasteiger partial charge in [-0.05, 0) is 56.4 Å². The van der Waals surface area contributed by atoms with E-state index in [1.54, 1.807) is 0 Å². The van der Waals surface area contributed by atoms with E-state index in [1.807, 2.05) is 36.9 Å². The van der Waals surface area contributed by atoms with Crippen LogP contribution in [0.25, 0.3) is 0 Å². The van der Waals surface area contributed by atoms with Gasteiger partial charge in [-0.15, -0.1) is 0 Å². The molecule has 2 atom stereocenters. The van der Waals surface area contributed by atoms with Crippen molar-refractivity contribution < 1.29 is 4.79 Å². The quantitative estimate of drug-likeness (QED) is 0.909. The van der Waals surface area contributed by atoms with E-state index < -0.39 is 0 Å². The summed E-state index contributed by atoms with van der Waals surface area (Å²) in [7, 11) is 0. The molecule has 0 unspecified atom stereocenters. The number of halogens is 1. The van der Waals surface area contributed by atoms with Crippen LogP contribution in [0.15, 0.2) is 22.7 Å². The summed E-state index contributed by atoms with van der Waals surface area (Å²) in [5.74, 6) is 0.559. The summed E-state index contributed by atoms with van der Waals surface area (Å²) in [4.78, 5) is 14.5. The van der Waals surface area contributed by atoms with Gasteiger partial charge in [0.15, 0.2) is 0 Å². The van der Waals surface area contributed by atoms with Gasteiger partial charge in [-0.2, -0.15) is 0 Å². The van der Waals surface area contributed by atoms with Crippen LogP contribution in [0.5, 0.6) is 0 Å². The Morgan fingerprint density at radius 3 is 2.89 bits per heavy atom. The molecule has 104 valence electrons. The van der Waals surface area contributed by atoms with E-state index in [2.05, 4.69) is 15.9 Å². The third-order valence-corrected chi connectivity index (χ3v) is 4.40. The minimum atomic E-state index is 0.135. The Balaban J connectivity index is 2.15. The lowest BCUT2D eigenvalue weighted by Gasteiger charge is -2.35. The van der Waals surface area contributed by atoms with E-state index in [1.165, 1.54) is 0 Å². The van der Waals surface area contributed by atoms with Gasteiger partial charge >= 0.3 is 0 Å². The van der Waals surface area contributed by atoms with E-state index >= 15 is 0 Å². The van der Waals surface area contributed by atoms with E-state index in [9.17, 15) is 4.79 Å². The molecule has 1 saturated heterocycles. The number of aryl methyl sites for hydroxylation is 1. The van der Waals surface area contributed by atoms with Crippen molar-refractivity contribution >= 4 is 21.8 Å². The van der Waals surface area contributed by atoms with Crippen molar-refractivity contribution in [3.05, 3.63) is 33.8 Å². The van der Waals surface area contributed by atoms with Crippen LogP contribution in [0.3, 0.4) is 0 Å². The molecule has 1 aromatic rings. The molecule has 4 heteroatoms. The molecular weight excluding hydrogens is 304 g/mol. The van der Waals surface area contributed by atoms with Gasteiger partial charge in [-0.25, -0.2) is 0 Å². The minimum absolute atomic E-state index is 0.135. The maximum absolute atomic E-state index is 12.6. The van der Waals surface area contributed by atoms with Gasteiger partial charge in [0.25, 0.3) is 5.91 Å². The second-order valence-corrected chi connectivity index (χ2v) is 6.39. The first-order valence-electron chi connectivity index (χ1n) is 6.80. The van der Waals surface area contributed by atoms with Crippen LogP contribution < -0.4 is 5.73 Å². The van der Waals surface area contributed by atoms with Crippen molar-refractivity contribution in [3.8, 4) is 0 Å². The third kappa shape index (κ3) is 3.37. The Morgan fingerprint density at radius 2 is 2.26 bits per heavy atom. The minimum Gasteiger partial charge on any atom is -0.338 e. The van der Waals surface area contributed by atoms with Crippen LogP contribution in [-0.4, -0.2) is 29.9 Å². The maximum Gasteiger partial charge on any atom is 0.254 e. The Bertz CT molecular complexity index is 473. The predicted octanol–water partition coefficient (Wildman–Crippen LogP) is 2.96. The zero-order valence-electron chi connectivity index (χ0n) is 11.5. The van der Waals surface area contributed by atoms with Gasteiger partial charge < -0.3 is 10.6 Å². The number of benzene rings is 1. The van der Waals surface area contributed by atoms with Crippen LogP contribution in [0.2, 0.25) is 0 Å². The van der Waals surface area contributed by atoms with Crippen LogP contribution >= 0.6 is 15.9 Å². The highest BCUT2D eigenvalue weighted by molar-refractivity contribution is 9.10. The molecule has 1 fully saturated rings. The number of nitrogens with zero attached hydrogens (tertiary/aromatic N) is 1. The first-order valence-corrected chi connectivity index (χ1v) is 7.59. The maximum atomic E-state index is 12.6. The van der Waals surface area contributed by atoms with Crippen molar-refractivity contribution in [1.29, 1.82) is 0 Å². The molecule has 0 spiro atoms. The van der Waals surface area contributed by atoms with E-state index in [0.29, 0.717) is 5.92 Å². The highest BCUT2D eigenvalue weighted by Gasteiger charge is 2.26. The fraction of sp³-hybridized carbons (Fsp3) is 0.533. The van der Waals surface area contributed by atoms with Gasteiger partial charge in [0.2, 0.25) is 0 Å². The fourth-order valence-corrected chi connectivity index (χ4v) is 3.14. The van der Waals surface area contributed by atoms with E-state index in [0.717, 1.165) is 41.5 Å². The summed E-state index contributed by atoms with van der Waals surface area (Å²) < 4.78 is 1.01. The Kier molecular flexibility index (Phi) is 4.63. The first-order chi connectivity index (χ1) is 8.99. The zero-order chi connectivity index (χ0) is 14.0. The van der Waals surface area contributed by atoms with Gasteiger partial charge in [-0.1, -0.05) is 15.9 Å². The molecule has 0 aromatic heterocycles. The average molecular weight is 325 g/mol. The summed E-state index contributed by atoms with van der Waals surface area (Å²) in [5, 5.41) is 0. The molecule has 1 aliphatic rings. The Hall–Kier alpha value is -0.870. The second kappa shape index (κ2) is 6.06. The predicted molar refractivity (Wildman–Crippen MR) is 81.2 cm³/mol. The number of piperidine rings is 1. The standard InChI is InChI=1S/C15H21BrN2O/c1-10-8-13(16)5-6-14(10)15(19)18-7-3-4-12(9-18)11(2)17/h5-6,8,11-12H,3-4,7,9,17H2,1-2H3/t11-,12-/m0/s1. The van der Waals surface area contributed by atoms with Crippen LogP contribution in [-0.2, 0) is 0 Å². The first kappa shape index (κ1) is 14.5. The fourth-order valence-electron chi connectivity index (χ4n) is 2.66. The summed E-state index contributed by atoms with van der Waals surface area (Å²) in [6, 6.07) is 5.96. The van der Waals surface area contributed by atoms with Crippen molar-refractivity contribution in [2.24, 2.45) is 11.7 Å². The Morgan fingerprint density at radius 1 is 1.53 bits per heavy atom. The van der Waals surface area contributed by atoms with E-state index in [4.69, 9.17) is 5.73 Å². The molecular formula is C15H21BrN2O. The number of likely N-dealkylation sites (tertiary alicyclic amines) is 1. The second-order valence-electron chi connectivity index (χ2n) is 5.47. The van der Waals surface area contributed by atoms with Gasteiger partial charge in [0, 0.05) is 29.2 Å². The SMILES string of the molecule is Cc1cc(Br)ccc1C(=O)N1CCC[C@H]([C@H](C)N)C1. The molecule has 0 bridgehead atoms. The molecule has 1 aliphatic heterocycles. The normalized spacial score (nSPS) is 21.3. The number of nitrogens with two attached hydrogens (primary N) is 1. The number of carbonyl (C=O) groups excluding carboxylic acids is 1. The summed E-state index contributed by atoms with van der Waals surface area (Å²) in [6.45, 7) is 5.64. The monoisotopic (exact) mass is 324 g/mol. The van der Waals surface area contributed by atoms with Gasteiger partial charge in [-0.3, -0.25) is 4.79 Å².